The Labute approximate surface area is 122 Å². The van der Waals surface area contributed by atoms with E-state index in [1.807, 2.05) is 43.3 Å². The zero-order valence-electron chi connectivity index (χ0n) is 10.6. The summed E-state index contributed by atoms with van der Waals surface area (Å²) in [7, 11) is 3.93. The molecule has 1 aromatic carbocycles. The first-order valence-electron chi connectivity index (χ1n) is 5.64. The van der Waals surface area contributed by atoms with Crippen molar-refractivity contribution in [2.24, 2.45) is 0 Å². The molecule has 0 atom stereocenters. The summed E-state index contributed by atoms with van der Waals surface area (Å²) in [6.07, 6.45) is 0. The first-order chi connectivity index (χ1) is 8.99. The lowest BCUT2D eigenvalue weighted by Gasteiger charge is -2.18. The third-order valence-corrected chi connectivity index (χ3v) is 3.19. The molecule has 0 aliphatic heterocycles. The first-order valence-corrected chi connectivity index (χ1v) is 6.39. The molecule has 6 heteroatoms. The number of halogens is 2. The molecular formula is C13H14Cl2N4. The molecule has 19 heavy (non-hydrogen) atoms. The molecule has 0 spiro atoms. The third-order valence-electron chi connectivity index (χ3n) is 2.60. The maximum atomic E-state index is 6.10. The molecule has 2 rings (SSSR count). The van der Waals surface area contributed by atoms with E-state index in [9.17, 15) is 0 Å². The Bertz CT molecular complexity index is 599. The predicted octanol–water partition coefficient (Wildman–Crippen LogP) is 3.78. The van der Waals surface area contributed by atoms with Gasteiger partial charge in [-0.1, -0.05) is 35.3 Å². The number of rotatable bonds is 3. The van der Waals surface area contributed by atoms with Crippen LogP contribution in [0.5, 0.6) is 0 Å². The Balaban J connectivity index is 2.39. The third kappa shape index (κ3) is 3.03. The van der Waals surface area contributed by atoms with E-state index in [0.717, 1.165) is 11.4 Å². The molecule has 0 unspecified atom stereocenters. The zero-order valence-corrected chi connectivity index (χ0v) is 12.1. The predicted molar refractivity (Wildman–Crippen MR) is 82.7 cm³/mol. The van der Waals surface area contributed by atoms with Gasteiger partial charge in [0.1, 0.15) is 5.82 Å². The highest BCUT2D eigenvalue weighted by Gasteiger charge is 2.10. The van der Waals surface area contributed by atoms with Crippen LogP contribution in [0.3, 0.4) is 0 Å². The molecule has 0 saturated carbocycles. The van der Waals surface area contributed by atoms with Crippen molar-refractivity contribution < 1.29 is 0 Å². The number of nitrogen functional groups attached to an aromatic ring is 1. The fourth-order valence-electron chi connectivity index (χ4n) is 1.67. The van der Waals surface area contributed by atoms with Gasteiger partial charge in [-0.25, -0.2) is 4.98 Å². The van der Waals surface area contributed by atoms with Crippen LogP contribution in [-0.2, 0) is 0 Å². The Hall–Kier alpha value is -1.65. The average Bonchev–Trinajstić information content (AvgIpc) is 2.36. The van der Waals surface area contributed by atoms with E-state index < -0.39 is 0 Å². The largest absolute Gasteiger partial charge is 0.382 e. The number of hydrogen-bond donors (Lipinski definition) is 2. The molecule has 0 amide bonds. The molecule has 0 fully saturated rings. The fraction of sp³-hybridized carbons (Fsp3) is 0.154. The van der Waals surface area contributed by atoms with Crippen LogP contribution in [0.15, 0.2) is 30.3 Å². The van der Waals surface area contributed by atoms with Gasteiger partial charge in [-0.05, 0) is 18.2 Å². The molecule has 0 aliphatic carbocycles. The van der Waals surface area contributed by atoms with Crippen molar-refractivity contribution >= 4 is 46.2 Å². The lowest BCUT2D eigenvalue weighted by molar-refractivity contribution is 1.13. The number of pyridine rings is 1. The van der Waals surface area contributed by atoms with Gasteiger partial charge < -0.3 is 16.0 Å². The molecule has 0 radical (unpaired) electrons. The lowest BCUT2D eigenvalue weighted by atomic mass is 10.2. The van der Waals surface area contributed by atoms with E-state index in [1.165, 1.54) is 0 Å². The number of aromatic nitrogens is 1. The van der Waals surface area contributed by atoms with Gasteiger partial charge in [0.2, 0.25) is 0 Å². The molecule has 1 aromatic heterocycles. The van der Waals surface area contributed by atoms with Gasteiger partial charge in [0.25, 0.3) is 0 Å². The van der Waals surface area contributed by atoms with Crippen LogP contribution in [0.2, 0.25) is 10.0 Å². The number of hydrogen-bond acceptors (Lipinski definition) is 4. The second-order valence-electron chi connectivity index (χ2n) is 4.22. The van der Waals surface area contributed by atoms with Gasteiger partial charge in [0, 0.05) is 14.1 Å². The van der Waals surface area contributed by atoms with Crippen LogP contribution in [0.25, 0.3) is 0 Å². The Kier molecular flexibility index (Phi) is 4.02. The molecule has 100 valence electrons. The molecule has 0 aliphatic rings. The molecule has 1 heterocycles. The average molecular weight is 297 g/mol. The highest BCUT2D eigenvalue weighted by atomic mass is 35.5. The van der Waals surface area contributed by atoms with Crippen LogP contribution in [0, 0.1) is 0 Å². The van der Waals surface area contributed by atoms with Crippen molar-refractivity contribution in [3.8, 4) is 0 Å². The highest BCUT2D eigenvalue weighted by molar-refractivity contribution is 6.37. The molecular weight excluding hydrogens is 283 g/mol. The van der Waals surface area contributed by atoms with Crippen molar-refractivity contribution in [2.75, 3.05) is 30.0 Å². The zero-order chi connectivity index (χ0) is 14.0. The Morgan fingerprint density at radius 1 is 1.16 bits per heavy atom. The van der Waals surface area contributed by atoms with Gasteiger partial charge in [0.15, 0.2) is 5.82 Å². The lowest BCUT2D eigenvalue weighted by Crippen LogP contribution is -2.11. The van der Waals surface area contributed by atoms with Crippen LogP contribution in [0.4, 0.5) is 23.0 Å². The quantitative estimate of drug-likeness (QED) is 0.905. The van der Waals surface area contributed by atoms with Crippen molar-refractivity contribution in [1.29, 1.82) is 0 Å². The SMILES string of the molecule is CN(C)c1ccccc1Nc1nc(N)c(Cl)cc1Cl. The normalized spacial score (nSPS) is 10.3. The monoisotopic (exact) mass is 296 g/mol. The van der Waals surface area contributed by atoms with Gasteiger partial charge in [-0.15, -0.1) is 0 Å². The number of benzene rings is 1. The van der Waals surface area contributed by atoms with Gasteiger partial charge in [-0.2, -0.15) is 0 Å². The van der Waals surface area contributed by atoms with E-state index in [0.29, 0.717) is 15.9 Å². The summed E-state index contributed by atoms with van der Waals surface area (Å²) in [5, 5.41) is 3.93. The van der Waals surface area contributed by atoms with Crippen molar-refractivity contribution in [3.05, 3.63) is 40.4 Å². The smallest absolute Gasteiger partial charge is 0.151 e. The first kappa shape index (κ1) is 13.8. The summed E-state index contributed by atoms with van der Waals surface area (Å²) < 4.78 is 0. The molecule has 0 saturated heterocycles. The Morgan fingerprint density at radius 3 is 2.53 bits per heavy atom. The highest BCUT2D eigenvalue weighted by Crippen LogP contribution is 2.32. The standard InChI is InChI=1S/C13H14Cl2N4/c1-19(2)11-6-4-3-5-10(11)17-13-9(15)7-8(14)12(16)18-13/h3-7H,1-2H3,(H3,16,17,18). The minimum atomic E-state index is 0.246. The summed E-state index contributed by atoms with van der Waals surface area (Å²) in [6.45, 7) is 0. The van der Waals surface area contributed by atoms with Gasteiger partial charge in [-0.3, -0.25) is 0 Å². The van der Waals surface area contributed by atoms with Gasteiger partial charge in [0.05, 0.1) is 21.4 Å². The summed E-state index contributed by atoms with van der Waals surface area (Å²) >= 11 is 12.0. The molecule has 0 bridgehead atoms. The van der Waals surface area contributed by atoms with Crippen molar-refractivity contribution in [1.82, 2.24) is 4.98 Å². The van der Waals surface area contributed by atoms with Crippen LogP contribution < -0.4 is 16.0 Å². The topological polar surface area (TPSA) is 54.2 Å². The summed E-state index contributed by atoms with van der Waals surface area (Å²) in [5.74, 6) is 0.730. The van der Waals surface area contributed by atoms with Crippen LogP contribution >= 0.6 is 23.2 Å². The summed E-state index contributed by atoms with van der Waals surface area (Å²) in [4.78, 5) is 6.15. The molecule has 2 aromatic rings. The molecule has 4 nitrogen and oxygen atoms in total. The van der Waals surface area contributed by atoms with Crippen LogP contribution in [0.1, 0.15) is 0 Å². The van der Waals surface area contributed by atoms with Crippen LogP contribution in [-0.4, -0.2) is 19.1 Å². The van der Waals surface area contributed by atoms with Crippen molar-refractivity contribution in [3.63, 3.8) is 0 Å². The summed E-state index contributed by atoms with van der Waals surface area (Å²) in [6, 6.07) is 9.41. The minimum Gasteiger partial charge on any atom is -0.382 e. The van der Waals surface area contributed by atoms with E-state index >= 15 is 0 Å². The number of nitrogens with zero attached hydrogens (tertiary/aromatic N) is 2. The van der Waals surface area contributed by atoms with E-state index in [1.54, 1.807) is 6.07 Å². The number of nitrogens with one attached hydrogen (secondary N) is 1. The maximum absolute atomic E-state index is 6.10. The van der Waals surface area contributed by atoms with E-state index in [-0.39, 0.29) is 5.82 Å². The number of anilines is 4. The molecule has 3 N–H and O–H groups in total. The minimum absolute atomic E-state index is 0.246. The second-order valence-corrected chi connectivity index (χ2v) is 5.04. The second kappa shape index (κ2) is 5.55. The maximum Gasteiger partial charge on any atom is 0.151 e. The number of para-hydroxylation sites is 2. The van der Waals surface area contributed by atoms with E-state index in [2.05, 4.69) is 10.3 Å². The number of nitrogens with two attached hydrogens (primary N) is 1. The van der Waals surface area contributed by atoms with E-state index in [4.69, 9.17) is 28.9 Å². The van der Waals surface area contributed by atoms with Crippen molar-refractivity contribution in [2.45, 2.75) is 0 Å². The summed E-state index contributed by atoms with van der Waals surface area (Å²) in [5.41, 5.74) is 7.60. The Morgan fingerprint density at radius 2 is 1.84 bits per heavy atom. The van der Waals surface area contributed by atoms with Gasteiger partial charge >= 0.3 is 0 Å². The fourth-order valence-corrected chi connectivity index (χ4v) is 2.07.